The number of rotatable bonds is 6. The highest BCUT2D eigenvalue weighted by molar-refractivity contribution is 6.31. The largest absolute Gasteiger partial charge is 0.398 e. The van der Waals surface area contributed by atoms with Gasteiger partial charge in [0.1, 0.15) is 6.54 Å². The van der Waals surface area contributed by atoms with Gasteiger partial charge in [-0.25, -0.2) is 0 Å². The molecule has 0 spiro atoms. The number of aliphatic hydroxyl groups excluding tert-OH is 1. The van der Waals surface area contributed by atoms with E-state index in [4.69, 9.17) is 22.4 Å². The van der Waals surface area contributed by atoms with Crippen molar-refractivity contribution in [1.29, 1.82) is 0 Å². The zero-order valence-electron chi connectivity index (χ0n) is 12.5. The molecule has 4 N–H and O–H groups in total. The van der Waals surface area contributed by atoms with Gasteiger partial charge in [-0.15, -0.1) is 0 Å². The number of aliphatic imine (C=N–C) groups is 1. The number of nitrogens with one attached hydrogen (secondary N) is 1. The van der Waals surface area contributed by atoms with Crippen molar-refractivity contribution in [2.45, 2.75) is 0 Å². The number of benzene rings is 2. The van der Waals surface area contributed by atoms with Gasteiger partial charge in [-0.3, -0.25) is 9.79 Å². The van der Waals surface area contributed by atoms with E-state index in [1.165, 1.54) is 0 Å². The molecule has 0 aliphatic carbocycles. The minimum absolute atomic E-state index is 0.0593. The number of carbonyl (C=O) groups excluding carboxylic acids is 1. The van der Waals surface area contributed by atoms with Gasteiger partial charge in [0, 0.05) is 28.4 Å². The third-order valence-corrected chi connectivity index (χ3v) is 3.37. The number of aliphatic hydroxyl groups is 1. The van der Waals surface area contributed by atoms with Crippen molar-refractivity contribution in [3.63, 3.8) is 0 Å². The molecule has 23 heavy (non-hydrogen) atoms. The van der Waals surface area contributed by atoms with Crippen LogP contribution in [0.25, 0.3) is 0 Å². The van der Waals surface area contributed by atoms with Crippen LogP contribution in [0.2, 0.25) is 5.02 Å². The molecule has 2 aromatic carbocycles. The van der Waals surface area contributed by atoms with Gasteiger partial charge in [0.25, 0.3) is 0 Å². The number of nitrogen functional groups attached to an aromatic ring is 1. The van der Waals surface area contributed by atoms with E-state index in [1.54, 1.807) is 18.2 Å². The van der Waals surface area contributed by atoms with E-state index < -0.39 is 0 Å². The van der Waals surface area contributed by atoms with E-state index in [1.807, 2.05) is 30.3 Å². The Balaban J connectivity index is 2.37. The van der Waals surface area contributed by atoms with Crippen LogP contribution in [0.3, 0.4) is 0 Å². The quantitative estimate of drug-likeness (QED) is 0.557. The SMILES string of the molecule is Nc1ccc(Cl)cc1C(=NCC(=O)NCCO)c1ccccc1. The number of halogens is 1. The van der Waals surface area contributed by atoms with Crippen molar-refractivity contribution < 1.29 is 9.90 Å². The molecular weight excluding hydrogens is 314 g/mol. The lowest BCUT2D eigenvalue weighted by atomic mass is 10.0. The summed E-state index contributed by atoms with van der Waals surface area (Å²) in [5, 5.41) is 11.8. The fraction of sp³-hybridized carbons (Fsp3) is 0.176. The van der Waals surface area contributed by atoms with Crippen molar-refractivity contribution in [3.05, 3.63) is 64.7 Å². The van der Waals surface area contributed by atoms with Crippen LogP contribution in [0, 0.1) is 0 Å². The molecular formula is C17H18ClN3O2. The minimum atomic E-state index is -0.270. The molecule has 0 aromatic heterocycles. The molecule has 0 saturated heterocycles. The van der Waals surface area contributed by atoms with E-state index in [2.05, 4.69) is 10.3 Å². The third-order valence-electron chi connectivity index (χ3n) is 3.13. The number of hydrogen-bond acceptors (Lipinski definition) is 4. The number of carbonyl (C=O) groups is 1. The molecule has 2 rings (SSSR count). The molecule has 0 saturated carbocycles. The van der Waals surface area contributed by atoms with E-state index in [0.717, 1.165) is 5.56 Å². The fourth-order valence-corrected chi connectivity index (χ4v) is 2.24. The van der Waals surface area contributed by atoms with Crippen LogP contribution < -0.4 is 11.1 Å². The highest BCUT2D eigenvalue weighted by Gasteiger charge is 2.12. The molecule has 0 aliphatic heterocycles. The van der Waals surface area contributed by atoms with Crippen LogP contribution in [0.15, 0.2) is 53.5 Å². The topological polar surface area (TPSA) is 87.7 Å². The molecule has 0 aliphatic rings. The fourth-order valence-electron chi connectivity index (χ4n) is 2.06. The Kier molecular flexibility index (Phi) is 6.14. The maximum atomic E-state index is 11.7. The summed E-state index contributed by atoms with van der Waals surface area (Å²) in [7, 11) is 0. The second-order valence-corrected chi connectivity index (χ2v) is 5.27. The summed E-state index contributed by atoms with van der Waals surface area (Å²) >= 11 is 6.06. The number of amides is 1. The molecule has 0 fully saturated rings. The molecule has 0 heterocycles. The Labute approximate surface area is 139 Å². The van der Waals surface area contributed by atoms with Gasteiger partial charge in [-0.1, -0.05) is 41.9 Å². The smallest absolute Gasteiger partial charge is 0.241 e. The predicted molar refractivity (Wildman–Crippen MR) is 92.9 cm³/mol. The Bertz CT molecular complexity index is 702. The van der Waals surface area contributed by atoms with Crippen molar-refractivity contribution in [2.75, 3.05) is 25.4 Å². The van der Waals surface area contributed by atoms with Crippen LogP contribution in [-0.4, -0.2) is 36.4 Å². The first-order chi connectivity index (χ1) is 11.1. The van der Waals surface area contributed by atoms with Gasteiger partial charge in [0.2, 0.25) is 5.91 Å². The normalized spacial score (nSPS) is 11.3. The standard InChI is InChI=1S/C17H18ClN3O2/c18-13-6-7-15(19)14(10-13)17(12-4-2-1-3-5-12)21-11-16(23)20-8-9-22/h1-7,10,22H,8-9,11,19H2,(H,20,23). The second-order valence-electron chi connectivity index (χ2n) is 4.84. The second kappa shape index (κ2) is 8.31. The number of anilines is 1. The van der Waals surface area contributed by atoms with Gasteiger partial charge in [0.15, 0.2) is 0 Å². The zero-order valence-corrected chi connectivity index (χ0v) is 13.3. The maximum Gasteiger partial charge on any atom is 0.241 e. The van der Waals surface area contributed by atoms with Crippen LogP contribution in [0.1, 0.15) is 11.1 Å². The first-order valence-electron chi connectivity index (χ1n) is 7.14. The monoisotopic (exact) mass is 331 g/mol. The Morgan fingerprint density at radius 3 is 2.65 bits per heavy atom. The number of hydrogen-bond donors (Lipinski definition) is 3. The lowest BCUT2D eigenvalue weighted by Crippen LogP contribution is -2.28. The van der Waals surface area contributed by atoms with Gasteiger partial charge >= 0.3 is 0 Å². The highest BCUT2D eigenvalue weighted by Crippen LogP contribution is 2.22. The Hall–Kier alpha value is -2.37. The first-order valence-corrected chi connectivity index (χ1v) is 7.52. The highest BCUT2D eigenvalue weighted by atomic mass is 35.5. The van der Waals surface area contributed by atoms with E-state index in [0.29, 0.717) is 22.0 Å². The van der Waals surface area contributed by atoms with Crippen LogP contribution in [0.4, 0.5) is 5.69 Å². The molecule has 120 valence electrons. The molecule has 0 radical (unpaired) electrons. The van der Waals surface area contributed by atoms with Gasteiger partial charge < -0.3 is 16.2 Å². The van der Waals surface area contributed by atoms with Crippen LogP contribution >= 0.6 is 11.6 Å². The average molecular weight is 332 g/mol. The first kappa shape index (κ1) is 17.0. The molecule has 2 aromatic rings. The Morgan fingerprint density at radius 1 is 1.22 bits per heavy atom. The molecule has 0 unspecified atom stereocenters. The summed E-state index contributed by atoms with van der Waals surface area (Å²) in [6.07, 6.45) is 0. The van der Waals surface area contributed by atoms with Gasteiger partial charge in [-0.2, -0.15) is 0 Å². The summed E-state index contributed by atoms with van der Waals surface area (Å²) in [4.78, 5) is 16.1. The molecule has 5 nitrogen and oxygen atoms in total. The summed E-state index contributed by atoms with van der Waals surface area (Å²) < 4.78 is 0. The maximum absolute atomic E-state index is 11.7. The third kappa shape index (κ3) is 4.81. The van der Waals surface area contributed by atoms with E-state index >= 15 is 0 Å². The number of nitrogens with two attached hydrogens (primary N) is 1. The summed E-state index contributed by atoms with van der Waals surface area (Å²) in [5.41, 5.74) is 8.70. The van der Waals surface area contributed by atoms with Crippen LogP contribution in [0.5, 0.6) is 0 Å². The van der Waals surface area contributed by atoms with Crippen molar-refractivity contribution in [3.8, 4) is 0 Å². The van der Waals surface area contributed by atoms with Crippen molar-refractivity contribution >= 4 is 28.9 Å². The van der Waals surface area contributed by atoms with Crippen LogP contribution in [-0.2, 0) is 4.79 Å². The van der Waals surface area contributed by atoms with E-state index in [9.17, 15) is 4.79 Å². The number of nitrogens with zero attached hydrogens (tertiary/aromatic N) is 1. The summed E-state index contributed by atoms with van der Waals surface area (Å²) in [6.45, 7) is 0.0345. The lowest BCUT2D eigenvalue weighted by molar-refractivity contribution is -0.119. The molecule has 6 heteroatoms. The van der Waals surface area contributed by atoms with Gasteiger partial charge in [0.05, 0.1) is 12.3 Å². The predicted octanol–water partition coefficient (Wildman–Crippen LogP) is 1.87. The van der Waals surface area contributed by atoms with E-state index in [-0.39, 0.29) is 25.6 Å². The van der Waals surface area contributed by atoms with Crippen molar-refractivity contribution in [2.24, 2.45) is 4.99 Å². The lowest BCUT2D eigenvalue weighted by Gasteiger charge is -2.11. The summed E-state index contributed by atoms with van der Waals surface area (Å²) in [6, 6.07) is 14.6. The summed E-state index contributed by atoms with van der Waals surface area (Å²) in [5.74, 6) is -0.270. The Morgan fingerprint density at radius 2 is 1.96 bits per heavy atom. The minimum Gasteiger partial charge on any atom is -0.398 e. The zero-order chi connectivity index (χ0) is 16.7. The molecule has 1 amide bonds. The molecule has 0 atom stereocenters. The average Bonchev–Trinajstić information content (AvgIpc) is 2.57. The molecule has 0 bridgehead atoms. The van der Waals surface area contributed by atoms with Crippen molar-refractivity contribution in [1.82, 2.24) is 5.32 Å². The van der Waals surface area contributed by atoms with Gasteiger partial charge in [-0.05, 0) is 18.2 Å².